The van der Waals surface area contributed by atoms with Gasteiger partial charge in [0.25, 0.3) is 5.91 Å². The molecule has 1 amide bonds. The van der Waals surface area contributed by atoms with Crippen LogP contribution in [0.1, 0.15) is 24.0 Å². The number of aryl methyl sites for hydroxylation is 2. The summed E-state index contributed by atoms with van der Waals surface area (Å²) in [7, 11) is 0. The Morgan fingerprint density at radius 2 is 2.00 bits per heavy atom. The van der Waals surface area contributed by atoms with Crippen molar-refractivity contribution in [3.05, 3.63) is 29.3 Å². The molecule has 1 fully saturated rings. The fourth-order valence-corrected chi connectivity index (χ4v) is 3.21. The lowest BCUT2D eigenvalue weighted by atomic mass is 9.95. The van der Waals surface area contributed by atoms with Gasteiger partial charge in [-0.2, -0.15) is 11.8 Å². The SMILES string of the molecule is Cc1ccc(C)c(NC(=O)C2(O)CCSCC2)c1. The maximum absolute atomic E-state index is 12.2. The second-order valence-electron chi connectivity index (χ2n) is 4.92. The zero-order valence-corrected chi connectivity index (χ0v) is 11.6. The predicted octanol–water partition coefficient (Wildman–Crippen LogP) is 2.50. The molecule has 0 saturated carbocycles. The summed E-state index contributed by atoms with van der Waals surface area (Å²) in [5.74, 6) is 1.42. The number of aliphatic hydroxyl groups is 1. The van der Waals surface area contributed by atoms with E-state index < -0.39 is 5.60 Å². The van der Waals surface area contributed by atoms with Crippen LogP contribution in [0.25, 0.3) is 0 Å². The van der Waals surface area contributed by atoms with E-state index in [1.807, 2.05) is 32.0 Å². The van der Waals surface area contributed by atoms with Gasteiger partial charge in [-0.25, -0.2) is 0 Å². The van der Waals surface area contributed by atoms with Crippen LogP contribution < -0.4 is 5.32 Å². The van der Waals surface area contributed by atoms with Gasteiger partial charge in [0.1, 0.15) is 5.60 Å². The zero-order valence-electron chi connectivity index (χ0n) is 10.8. The molecule has 0 radical (unpaired) electrons. The summed E-state index contributed by atoms with van der Waals surface area (Å²) in [6.45, 7) is 3.94. The van der Waals surface area contributed by atoms with Gasteiger partial charge in [-0.3, -0.25) is 4.79 Å². The topological polar surface area (TPSA) is 49.3 Å². The van der Waals surface area contributed by atoms with E-state index in [0.29, 0.717) is 12.8 Å². The van der Waals surface area contributed by atoms with Crippen LogP contribution in [0.2, 0.25) is 0 Å². The summed E-state index contributed by atoms with van der Waals surface area (Å²) in [4.78, 5) is 12.2. The Morgan fingerprint density at radius 3 is 2.67 bits per heavy atom. The van der Waals surface area contributed by atoms with Crippen molar-refractivity contribution in [2.24, 2.45) is 0 Å². The molecular weight excluding hydrogens is 246 g/mol. The second kappa shape index (κ2) is 5.33. The molecule has 1 aromatic carbocycles. The van der Waals surface area contributed by atoms with E-state index in [9.17, 15) is 9.90 Å². The molecule has 0 spiro atoms. The Labute approximate surface area is 112 Å². The van der Waals surface area contributed by atoms with Crippen molar-refractivity contribution in [3.63, 3.8) is 0 Å². The van der Waals surface area contributed by atoms with Crippen LogP contribution >= 0.6 is 11.8 Å². The third-order valence-corrected chi connectivity index (χ3v) is 4.37. The smallest absolute Gasteiger partial charge is 0.256 e. The minimum absolute atomic E-state index is 0.267. The highest BCUT2D eigenvalue weighted by Gasteiger charge is 2.37. The third kappa shape index (κ3) is 2.87. The van der Waals surface area contributed by atoms with E-state index in [1.54, 1.807) is 11.8 Å². The number of anilines is 1. The molecule has 4 heteroatoms. The normalized spacial score (nSPS) is 18.4. The summed E-state index contributed by atoms with van der Waals surface area (Å²) in [5.41, 5.74) is 1.72. The number of amides is 1. The number of carbonyl (C=O) groups is 1. The molecule has 2 N–H and O–H groups in total. The molecule has 0 aliphatic carbocycles. The summed E-state index contributed by atoms with van der Waals surface area (Å²) >= 11 is 1.79. The largest absolute Gasteiger partial charge is 0.380 e. The van der Waals surface area contributed by atoms with Gasteiger partial charge in [0.2, 0.25) is 0 Å². The Kier molecular flexibility index (Phi) is 3.97. The second-order valence-corrected chi connectivity index (χ2v) is 6.14. The Morgan fingerprint density at radius 1 is 1.33 bits per heavy atom. The highest BCUT2D eigenvalue weighted by molar-refractivity contribution is 7.99. The lowest BCUT2D eigenvalue weighted by Crippen LogP contribution is -2.45. The first-order valence-corrected chi connectivity index (χ1v) is 7.35. The molecule has 1 aliphatic rings. The van der Waals surface area contributed by atoms with Crippen molar-refractivity contribution in [3.8, 4) is 0 Å². The van der Waals surface area contributed by atoms with E-state index in [2.05, 4.69) is 5.32 Å². The lowest BCUT2D eigenvalue weighted by molar-refractivity contribution is -0.134. The van der Waals surface area contributed by atoms with Crippen LogP contribution in [0.4, 0.5) is 5.69 Å². The molecule has 0 bridgehead atoms. The molecule has 1 heterocycles. The van der Waals surface area contributed by atoms with Crippen LogP contribution in [0.3, 0.4) is 0 Å². The van der Waals surface area contributed by atoms with Gasteiger partial charge in [-0.15, -0.1) is 0 Å². The Hall–Kier alpha value is -1.00. The number of nitrogens with one attached hydrogen (secondary N) is 1. The monoisotopic (exact) mass is 265 g/mol. The quantitative estimate of drug-likeness (QED) is 0.864. The first kappa shape index (κ1) is 13.4. The number of thioether (sulfide) groups is 1. The van der Waals surface area contributed by atoms with Gasteiger partial charge in [0, 0.05) is 5.69 Å². The van der Waals surface area contributed by atoms with Gasteiger partial charge in [-0.05, 0) is 55.4 Å². The average Bonchev–Trinajstić information content (AvgIpc) is 2.35. The molecule has 1 saturated heterocycles. The summed E-state index contributed by atoms with van der Waals surface area (Å²) in [6.07, 6.45) is 1.07. The van der Waals surface area contributed by atoms with Crippen LogP contribution in [0, 0.1) is 13.8 Å². The van der Waals surface area contributed by atoms with Gasteiger partial charge < -0.3 is 10.4 Å². The van der Waals surface area contributed by atoms with E-state index in [-0.39, 0.29) is 5.91 Å². The average molecular weight is 265 g/mol. The standard InChI is InChI=1S/C14H19NO2S/c1-10-3-4-11(2)12(9-10)15-13(16)14(17)5-7-18-8-6-14/h3-4,9,17H,5-8H2,1-2H3,(H,15,16). The summed E-state index contributed by atoms with van der Waals surface area (Å²) in [5, 5.41) is 13.2. The van der Waals surface area contributed by atoms with Crippen molar-refractivity contribution in [1.82, 2.24) is 0 Å². The van der Waals surface area contributed by atoms with Gasteiger partial charge in [0.05, 0.1) is 0 Å². The number of hydrogen-bond donors (Lipinski definition) is 2. The highest BCUT2D eigenvalue weighted by Crippen LogP contribution is 2.28. The molecule has 98 valence electrons. The third-order valence-electron chi connectivity index (χ3n) is 3.38. The molecule has 1 aliphatic heterocycles. The van der Waals surface area contributed by atoms with Gasteiger partial charge in [-0.1, -0.05) is 12.1 Å². The van der Waals surface area contributed by atoms with E-state index in [1.165, 1.54) is 0 Å². The molecular formula is C14H19NO2S. The zero-order chi connectivity index (χ0) is 13.2. The van der Waals surface area contributed by atoms with Crippen LogP contribution in [0.5, 0.6) is 0 Å². The number of carbonyl (C=O) groups excluding carboxylic acids is 1. The molecule has 3 nitrogen and oxygen atoms in total. The molecule has 0 aromatic heterocycles. The van der Waals surface area contributed by atoms with Crippen molar-refractivity contribution in [2.45, 2.75) is 32.3 Å². The van der Waals surface area contributed by atoms with Crippen molar-refractivity contribution < 1.29 is 9.90 Å². The van der Waals surface area contributed by atoms with Crippen molar-refractivity contribution in [2.75, 3.05) is 16.8 Å². The van der Waals surface area contributed by atoms with Crippen molar-refractivity contribution in [1.29, 1.82) is 0 Å². The summed E-state index contributed by atoms with van der Waals surface area (Å²) < 4.78 is 0. The van der Waals surface area contributed by atoms with Crippen molar-refractivity contribution >= 4 is 23.4 Å². The lowest BCUT2D eigenvalue weighted by Gasteiger charge is -2.30. The Bertz CT molecular complexity index is 453. The number of benzene rings is 1. The molecule has 18 heavy (non-hydrogen) atoms. The molecule has 2 rings (SSSR count). The first-order chi connectivity index (χ1) is 8.51. The Balaban J connectivity index is 2.13. The van der Waals surface area contributed by atoms with E-state index in [4.69, 9.17) is 0 Å². The maximum atomic E-state index is 12.2. The van der Waals surface area contributed by atoms with E-state index >= 15 is 0 Å². The fourth-order valence-electron chi connectivity index (χ4n) is 2.05. The first-order valence-electron chi connectivity index (χ1n) is 6.20. The minimum atomic E-state index is -1.19. The van der Waals surface area contributed by atoms with Gasteiger partial charge >= 0.3 is 0 Å². The van der Waals surface area contributed by atoms with Gasteiger partial charge in [0.15, 0.2) is 0 Å². The highest BCUT2D eigenvalue weighted by atomic mass is 32.2. The van der Waals surface area contributed by atoms with Crippen LogP contribution in [-0.4, -0.2) is 28.1 Å². The predicted molar refractivity (Wildman–Crippen MR) is 76.1 cm³/mol. The molecule has 0 unspecified atom stereocenters. The molecule has 1 aromatic rings. The minimum Gasteiger partial charge on any atom is -0.380 e. The fraction of sp³-hybridized carbons (Fsp3) is 0.500. The van der Waals surface area contributed by atoms with Crippen LogP contribution in [0.15, 0.2) is 18.2 Å². The maximum Gasteiger partial charge on any atom is 0.256 e. The molecule has 0 atom stereocenters. The van der Waals surface area contributed by atoms with E-state index in [0.717, 1.165) is 28.3 Å². The number of rotatable bonds is 2. The summed E-state index contributed by atoms with van der Waals surface area (Å²) in [6, 6.07) is 5.93. The van der Waals surface area contributed by atoms with Crippen LogP contribution in [-0.2, 0) is 4.79 Å². The number of hydrogen-bond acceptors (Lipinski definition) is 3.